The van der Waals surface area contributed by atoms with Gasteiger partial charge in [-0.2, -0.15) is 0 Å². The molecule has 124 valence electrons. The van der Waals surface area contributed by atoms with Crippen LogP contribution in [0.15, 0.2) is 36.7 Å². The van der Waals surface area contributed by atoms with Gasteiger partial charge in [-0.1, -0.05) is 6.07 Å². The Morgan fingerprint density at radius 2 is 1.72 bits per heavy atom. The number of hydrogen-bond donors (Lipinski definition) is 0. The second kappa shape index (κ2) is 5.59. The molecule has 0 bridgehead atoms. The quantitative estimate of drug-likeness (QED) is 0.449. The lowest BCUT2D eigenvalue weighted by Crippen LogP contribution is -1.97. The summed E-state index contributed by atoms with van der Waals surface area (Å²) in [6, 6.07) is 9.92. The monoisotopic (exact) mass is 331 g/mol. The van der Waals surface area contributed by atoms with Crippen molar-refractivity contribution in [2.24, 2.45) is 0 Å². The van der Waals surface area contributed by atoms with Crippen molar-refractivity contribution in [2.75, 3.05) is 0 Å². The highest BCUT2D eigenvalue weighted by Crippen LogP contribution is 2.34. The third-order valence-electron chi connectivity index (χ3n) is 4.74. The van der Waals surface area contributed by atoms with E-state index in [4.69, 9.17) is 0 Å². The molecule has 4 aromatic rings. The fraction of sp³-hybridized carbons (Fsp3) is 0.190. The second-order valence-corrected chi connectivity index (χ2v) is 6.50. The molecule has 0 radical (unpaired) electrons. The molecule has 0 saturated carbocycles. The first-order valence-corrected chi connectivity index (χ1v) is 8.25. The Kier molecular flexibility index (Phi) is 3.49. The lowest BCUT2D eigenvalue weighted by Gasteiger charge is -2.12. The van der Waals surface area contributed by atoms with E-state index in [1.54, 1.807) is 13.3 Å². The molecule has 3 nitrogen and oxygen atoms in total. The van der Waals surface area contributed by atoms with Gasteiger partial charge in [0.05, 0.1) is 11.2 Å². The summed E-state index contributed by atoms with van der Waals surface area (Å²) in [6.45, 7) is 7.55. The summed E-state index contributed by atoms with van der Waals surface area (Å²) in [5, 5.41) is 2.75. The zero-order valence-corrected chi connectivity index (χ0v) is 14.7. The molecule has 2 aromatic carbocycles. The number of aryl methyl sites for hydroxylation is 4. The number of fused-ring (bicyclic) bond motifs is 3. The molecule has 0 aliphatic carbocycles. The molecule has 0 atom stereocenters. The third-order valence-corrected chi connectivity index (χ3v) is 4.74. The van der Waals surface area contributed by atoms with Crippen LogP contribution in [0.2, 0.25) is 0 Å². The zero-order valence-electron chi connectivity index (χ0n) is 14.7. The average Bonchev–Trinajstić information content (AvgIpc) is 2.59. The molecule has 0 aliphatic heterocycles. The van der Waals surface area contributed by atoms with Gasteiger partial charge in [0.25, 0.3) is 0 Å². The van der Waals surface area contributed by atoms with Crippen molar-refractivity contribution in [2.45, 2.75) is 27.7 Å². The normalized spacial score (nSPS) is 11.4. The van der Waals surface area contributed by atoms with E-state index in [-0.39, 0.29) is 5.82 Å². The Morgan fingerprint density at radius 3 is 2.48 bits per heavy atom. The van der Waals surface area contributed by atoms with Crippen molar-refractivity contribution in [3.05, 3.63) is 65.0 Å². The van der Waals surface area contributed by atoms with Gasteiger partial charge in [-0.15, -0.1) is 0 Å². The van der Waals surface area contributed by atoms with Crippen LogP contribution in [0.1, 0.15) is 22.5 Å². The van der Waals surface area contributed by atoms with Crippen LogP contribution in [0.5, 0.6) is 0 Å². The number of nitrogens with zero attached hydrogens (tertiary/aromatic N) is 3. The Labute approximate surface area is 145 Å². The summed E-state index contributed by atoms with van der Waals surface area (Å²) < 4.78 is 14.5. The summed E-state index contributed by atoms with van der Waals surface area (Å²) >= 11 is 0. The van der Waals surface area contributed by atoms with Gasteiger partial charge in [0.2, 0.25) is 0 Å². The van der Waals surface area contributed by atoms with Gasteiger partial charge in [-0.3, -0.25) is 4.98 Å². The van der Waals surface area contributed by atoms with Crippen molar-refractivity contribution >= 4 is 21.7 Å². The van der Waals surface area contributed by atoms with E-state index >= 15 is 0 Å². The van der Waals surface area contributed by atoms with E-state index in [9.17, 15) is 4.39 Å². The van der Waals surface area contributed by atoms with E-state index < -0.39 is 0 Å². The highest BCUT2D eigenvalue weighted by atomic mass is 19.1. The topological polar surface area (TPSA) is 38.7 Å². The van der Waals surface area contributed by atoms with Crippen molar-refractivity contribution < 1.29 is 4.39 Å². The number of benzene rings is 2. The molecule has 2 heterocycles. The molecule has 0 spiro atoms. The minimum absolute atomic E-state index is 0.173. The first-order valence-electron chi connectivity index (χ1n) is 8.25. The molecule has 0 amide bonds. The van der Waals surface area contributed by atoms with Crippen molar-refractivity contribution in [3.8, 4) is 11.3 Å². The highest BCUT2D eigenvalue weighted by Gasteiger charge is 2.15. The smallest absolute Gasteiger partial charge is 0.129 e. The number of hydrogen-bond acceptors (Lipinski definition) is 3. The Balaban J connectivity index is 2.12. The predicted molar refractivity (Wildman–Crippen MR) is 99.2 cm³/mol. The van der Waals surface area contributed by atoms with Crippen LogP contribution in [0.3, 0.4) is 0 Å². The maximum absolute atomic E-state index is 14.5. The van der Waals surface area contributed by atoms with Crippen molar-refractivity contribution in [3.63, 3.8) is 0 Å². The van der Waals surface area contributed by atoms with E-state index in [1.807, 2.05) is 51.1 Å². The summed E-state index contributed by atoms with van der Waals surface area (Å²) in [6.07, 6.45) is 1.55. The second-order valence-electron chi connectivity index (χ2n) is 6.50. The Hall–Kier alpha value is -2.88. The van der Waals surface area contributed by atoms with Gasteiger partial charge in [0.1, 0.15) is 12.1 Å². The van der Waals surface area contributed by atoms with Crippen LogP contribution >= 0.6 is 0 Å². The number of halogens is 1. The molecular weight excluding hydrogens is 313 g/mol. The number of aromatic nitrogens is 3. The summed E-state index contributed by atoms with van der Waals surface area (Å²) in [5.41, 5.74) is 5.75. The van der Waals surface area contributed by atoms with Gasteiger partial charge >= 0.3 is 0 Å². The van der Waals surface area contributed by atoms with Crippen LogP contribution in [0.4, 0.5) is 4.39 Å². The maximum Gasteiger partial charge on any atom is 0.129 e. The van der Waals surface area contributed by atoms with Crippen molar-refractivity contribution in [1.29, 1.82) is 0 Å². The Morgan fingerprint density at radius 1 is 0.920 bits per heavy atom. The van der Waals surface area contributed by atoms with E-state index in [2.05, 4.69) is 15.0 Å². The van der Waals surface area contributed by atoms with E-state index in [0.29, 0.717) is 11.1 Å². The van der Waals surface area contributed by atoms with Crippen LogP contribution < -0.4 is 0 Å². The molecule has 0 saturated heterocycles. The molecule has 0 N–H and O–H groups in total. The molecular formula is C21H18FN3. The predicted octanol–water partition coefficient (Wildman–Crippen LogP) is 5.22. The average molecular weight is 331 g/mol. The molecule has 0 aliphatic rings. The number of pyridine rings is 1. The highest BCUT2D eigenvalue weighted by molar-refractivity contribution is 6.10. The standard InChI is InChI=1S/C21H18FN3/c1-11-9-15-6-8-17-20(16-7-5-12(2)25-14(16)4)23-10-24-21(17)18(15)13(3)19(11)22/h5-10H,1-4H3. The molecule has 25 heavy (non-hydrogen) atoms. The fourth-order valence-electron chi connectivity index (χ4n) is 3.51. The van der Waals surface area contributed by atoms with Crippen LogP contribution in [-0.2, 0) is 0 Å². The van der Waals surface area contributed by atoms with Crippen molar-refractivity contribution in [1.82, 2.24) is 15.0 Å². The first-order chi connectivity index (χ1) is 12.0. The van der Waals surface area contributed by atoms with Gasteiger partial charge in [-0.25, -0.2) is 14.4 Å². The van der Waals surface area contributed by atoms with Gasteiger partial charge in [0, 0.05) is 27.7 Å². The lowest BCUT2D eigenvalue weighted by molar-refractivity contribution is 0.612. The van der Waals surface area contributed by atoms with Gasteiger partial charge < -0.3 is 0 Å². The lowest BCUT2D eigenvalue weighted by atomic mass is 9.96. The van der Waals surface area contributed by atoms with Crippen LogP contribution in [0.25, 0.3) is 32.9 Å². The molecule has 4 heteroatoms. The third kappa shape index (κ3) is 2.37. The fourth-order valence-corrected chi connectivity index (χ4v) is 3.51. The van der Waals surface area contributed by atoms with Crippen LogP contribution in [-0.4, -0.2) is 15.0 Å². The van der Waals surface area contributed by atoms with Gasteiger partial charge in [0.15, 0.2) is 0 Å². The summed E-state index contributed by atoms with van der Waals surface area (Å²) in [7, 11) is 0. The minimum atomic E-state index is -0.173. The number of rotatable bonds is 1. The molecule has 0 fully saturated rings. The molecule has 4 rings (SSSR count). The maximum atomic E-state index is 14.5. The largest absolute Gasteiger partial charge is 0.258 e. The molecule has 0 unspecified atom stereocenters. The zero-order chi connectivity index (χ0) is 17.7. The minimum Gasteiger partial charge on any atom is -0.258 e. The van der Waals surface area contributed by atoms with Gasteiger partial charge in [-0.05, 0) is 68.5 Å². The van der Waals surface area contributed by atoms with E-state index in [1.165, 1.54) is 0 Å². The van der Waals surface area contributed by atoms with E-state index in [0.717, 1.165) is 44.3 Å². The first kappa shape index (κ1) is 15.6. The summed E-state index contributed by atoms with van der Waals surface area (Å²) in [4.78, 5) is 13.5. The molecule has 2 aromatic heterocycles. The Bertz CT molecular complexity index is 1150. The SMILES string of the molecule is Cc1ccc(-c2ncnc3c2ccc2cc(C)c(F)c(C)c23)c(C)n1. The summed E-state index contributed by atoms with van der Waals surface area (Å²) in [5.74, 6) is -0.173. The van der Waals surface area contributed by atoms with Crippen LogP contribution in [0, 0.1) is 33.5 Å².